The van der Waals surface area contributed by atoms with E-state index in [0.29, 0.717) is 24.1 Å². The van der Waals surface area contributed by atoms with E-state index in [-0.39, 0.29) is 35.9 Å². The Morgan fingerprint density at radius 3 is 2.70 bits per heavy atom. The fraction of sp³-hybridized carbons (Fsp3) is 0.632. The molecule has 2 aliphatic rings. The summed E-state index contributed by atoms with van der Waals surface area (Å²) in [5, 5.41) is 3.48. The number of fused-ring (bicyclic) bond motifs is 1. The number of carbonyl (C=O) groups excluding carboxylic acids is 1. The molecule has 1 aliphatic carbocycles. The Bertz CT molecular complexity index is 633. The van der Waals surface area contributed by atoms with Gasteiger partial charge in [0.05, 0.1) is 13.2 Å². The van der Waals surface area contributed by atoms with Gasteiger partial charge >= 0.3 is 6.61 Å². The van der Waals surface area contributed by atoms with Gasteiger partial charge < -0.3 is 19.7 Å². The lowest BCUT2D eigenvalue weighted by atomic mass is 9.85. The van der Waals surface area contributed by atoms with Gasteiger partial charge in [0.15, 0.2) is 11.5 Å². The van der Waals surface area contributed by atoms with E-state index >= 15 is 0 Å². The van der Waals surface area contributed by atoms with Crippen LogP contribution in [0.25, 0.3) is 0 Å². The van der Waals surface area contributed by atoms with Crippen LogP contribution in [0, 0.1) is 5.92 Å². The van der Waals surface area contributed by atoms with Crippen molar-refractivity contribution in [2.45, 2.75) is 57.3 Å². The highest BCUT2D eigenvalue weighted by Crippen LogP contribution is 2.34. The van der Waals surface area contributed by atoms with Crippen LogP contribution in [0.3, 0.4) is 0 Å². The minimum absolute atomic E-state index is 0. The molecule has 0 aromatic heterocycles. The Labute approximate surface area is 164 Å². The molecule has 1 aromatic rings. The van der Waals surface area contributed by atoms with Crippen LogP contribution in [0.1, 0.15) is 37.7 Å². The van der Waals surface area contributed by atoms with Crippen LogP contribution < -0.4 is 14.8 Å². The van der Waals surface area contributed by atoms with E-state index in [2.05, 4.69) is 10.1 Å². The topological polar surface area (TPSA) is 50.8 Å². The van der Waals surface area contributed by atoms with E-state index in [1.807, 2.05) is 0 Å². The Balaban J connectivity index is 0.00000261. The van der Waals surface area contributed by atoms with Gasteiger partial charge in [0, 0.05) is 19.6 Å². The van der Waals surface area contributed by atoms with Crippen molar-refractivity contribution in [1.82, 2.24) is 10.2 Å². The van der Waals surface area contributed by atoms with Crippen molar-refractivity contribution in [3.05, 3.63) is 23.8 Å². The van der Waals surface area contributed by atoms with Gasteiger partial charge in [-0.05, 0) is 42.9 Å². The first-order chi connectivity index (χ1) is 12.5. The number of nitrogens with zero attached hydrogens (tertiary/aromatic N) is 1. The molecule has 3 rings (SSSR count). The van der Waals surface area contributed by atoms with Gasteiger partial charge in [-0.25, -0.2) is 0 Å². The molecule has 27 heavy (non-hydrogen) atoms. The van der Waals surface area contributed by atoms with E-state index in [4.69, 9.17) is 4.74 Å². The quantitative estimate of drug-likeness (QED) is 0.787. The molecule has 8 heteroatoms. The van der Waals surface area contributed by atoms with Crippen LogP contribution in [-0.2, 0) is 11.3 Å². The number of ether oxygens (including phenoxy) is 2. The molecular formula is C19H27ClF2N2O3. The second kappa shape index (κ2) is 9.55. The van der Waals surface area contributed by atoms with Crippen LogP contribution in [0.5, 0.6) is 11.5 Å². The molecule has 1 N–H and O–H groups in total. The number of benzene rings is 1. The summed E-state index contributed by atoms with van der Waals surface area (Å²) in [7, 11) is 3.14. The first-order valence-corrected chi connectivity index (χ1v) is 9.10. The Kier molecular flexibility index (Phi) is 7.68. The molecule has 0 radical (unpaired) electrons. The number of amides is 1. The van der Waals surface area contributed by atoms with E-state index in [1.54, 1.807) is 24.1 Å². The molecule has 1 heterocycles. The lowest BCUT2D eigenvalue weighted by molar-refractivity contribution is -0.132. The molecule has 5 nitrogen and oxygen atoms in total. The van der Waals surface area contributed by atoms with Gasteiger partial charge in [-0.2, -0.15) is 8.78 Å². The zero-order chi connectivity index (χ0) is 18.7. The number of hydrogen-bond acceptors (Lipinski definition) is 4. The van der Waals surface area contributed by atoms with Crippen molar-refractivity contribution < 1.29 is 23.0 Å². The third kappa shape index (κ3) is 5.23. The summed E-state index contributed by atoms with van der Waals surface area (Å²) < 4.78 is 34.7. The van der Waals surface area contributed by atoms with Crippen LogP contribution in [0.4, 0.5) is 8.78 Å². The summed E-state index contributed by atoms with van der Waals surface area (Å²) in [4.78, 5) is 14.4. The molecule has 1 aromatic carbocycles. The highest BCUT2D eigenvalue weighted by molar-refractivity contribution is 5.85. The summed E-state index contributed by atoms with van der Waals surface area (Å²) in [6.45, 7) is -2.60. The minimum Gasteiger partial charge on any atom is -0.493 e. The monoisotopic (exact) mass is 404 g/mol. The molecule has 0 spiro atoms. The number of hydrogen-bond donors (Lipinski definition) is 1. The standard InChI is InChI=1S/C19H26F2N2O3.ClH/c1-23(18(24)15-10-13-5-3-4-6-14(13)22-15)11-12-7-8-16(25-2)17(9-12)26-19(20)21;/h7-9,13-15,19,22H,3-6,10-11H2,1-2H3;1H. The SMILES string of the molecule is COc1ccc(CN(C)C(=O)C2CC3CCCCC3N2)cc1OC(F)F.Cl. The highest BCUT2D eigenvalue weighted by atomic mass is 35.5. The molecule has 1 saturated carbocycles. The number of halogens is 3. The zero-order valence-electron chi connectivity index (χ0n) is 15.6. The third-order valence-corrected chi connectivity index (χ3v) is 5.40. The summed E-state index contributed by atoms with van der Waals surface area (Å²) >= 11 is 0. The van der Waals surface area contributed by atoms with Crippen LogP contribution in [0.2, 0.25) is 0 Å². The average molecular weight is 405 g/mol. The Hall–Kier alpha value is -1.60. The fourth-order valence-corrected chi connectivity index (χ4v) is 4.14. The molecular weight excluding hydrogens is 378 g/mol. The highest BCUT2D eigenvalue weighted by Gasteiger charge is 2.39. The summed E-state index contributed by atoms with van der Waals surface area (Å²) in [6.07, 6.45) is 5.70. The van der Waals surface area contributed by atoms with Crippen LogP contribution in [-0.4, -0.2) is 43.7 Å². The second-order valence-corrected chi connectivity index (χ2v) is 7.16. The van der Waals surface area contributed by atoms with Gasteiger partial charge in [-0.15, -0.1) is 12.4 Å². The Morgan fingerprint density at radius 2 is 2.04 bits per heavy atom. The van der Waals surface area contributed by atoms with E-state index in [9.17, 15) is 13.6 Å². The van der Waals surface area contributed by atoms with Crippen molar-refractivity contribution >= 4 is 18.3 Å². The smallest absolute Gasteiger partial charge is 0.387 e. The van der Waals surface area contributed by atoms with E-state index in [1.165, 1.54) is 32.4 Å². The molecule has 1 amide bonds. The van der Waals surface area contributed by atoms with Crippen molar-refractivity contribution in [2.75, 3.05) is 14.2 Å². The summed E-state index contributed by atoms with van der Waals surface area (Å²) in [5.41, 5.74) is 0.715. The number of carbonyl (C=O) groups is 1. The fourth-order valence-electron chi connectivity index (χ4n) is 4.14. The lowest BCUT2D eigenvalue weighted by Gasteiger charge is -2.24. The molecule has 0 bridgehead atoms. The van der Waals surface area contributed by atoms with Gasteiger partial charge in [0.2, 0.25) is 5.91 Å². The van der Waals surface area contributed by atoms with Gasteiger partial charge in [0.25, 0.3) is 0 Å². The third-order valence-electron chi connectivity index (χ3n) is 5.40. The van der Waals surface area contributed by atoms with Gasteiger partial charge in [-0.3, -0.25) is 4.79 Å². The second-order valence-electron chi connectivity index (χ2n) is 7.16. The zero-order valence-corrected chi connectivity index (χ0v) is 16.4. The molecule has 1 aliphatic heterocycles. The number of alkyl halides is 2. The summed E-state index contributed by atoms with van der Waals surface area (Å²) in [6, 6.07) is 5.13. The molecule has 3 unspecified atom stereocenters. The predicted octanol–water partition coefficient (Wildman–Crippen LogP) is 3.60. The van der Waals surface area contributed by atoms with Crippen molar-refractivity contribution in [2.24, 2.45) is 5.92 Å². The average Bonchev–Trinajstić information content (AvgIpc) is 3.05. The molecule has 1 saturated heterocycles. The van der Waals surface area contributed by atoms with Crippen LogP contribution >= 0.6 is 12.4 Å². The lowest BCUT2D eigenvalue weighted by Crippen LogP contribution is -2.43. The van der Waals surface area contributed by atoms with Gasteiger partial charge in [0.1, 0.15) is 0 Å². The van der Waals surface area contributed by atoms with Crippen molar-refractivity contribution in [1.29, 1.82) is 0 Å². The van der Waals surface area contributed by atoms with E-state index < -0.39 is 6.61 Å². The number of methoxy groups -OCH3 is 1. The largest absolute Gasteiger partial charge is 0.493 e. The maximum Gasteiger partial charge on any atom is 0.387 e. The van der Waals surface area contributed by atoms with Crippen molar-refractivity contribution in [3.63, 3.8) is 0 Å². The van der Waals surface area contributed by atoms with Gasteiger partial charge in [-0.1, -0.05) is 18.9 Å². The molecule has 3 atom stereocenters. The first-order valence-electron chi connectivity index (χ1n) is 9.10. The number of rotatable bonds is 6. The predicted molar refractivity (Wildman–Crippen MR) is 101 cm³/mol. The Morgan fingerprint density at radius 1 is 1.30 bits per heavy atom. The molecule has 2 fully saturated rings. The molecule has 152 valence electrons. The van der Waals surface area contributed by atoms with Crippen molar-refractivity contribution in [3.8, 4) is 11.5 Å². The minimum atomic E-state index is -2.93. The number of nitrogens with one attached hydrogen (secondary N) is 1. The van der Waals surface area contributed by atoms with E-state index in [0.717, 1.165) is 12.8 Å². The van der Waals surface area contributed by atoms with Crippen LogP contribution in [0.15, 0.2) is 18.2 Å². The number of likely N-dealkylation sites (N-methyl/N-ethyl adjacent to an activating group) is 1. The first kappa shape index (κ1) is 21.7. The maximum atomic E-state index is 12.8. The normalized spacial score (nSPS) is 24.1. The summed E-state index contributed by atoms with van der Waals surface area (Å²) in [5.74, 6) is 0.861. The maximum absolute atomic E-state index is 12.8.